The van der Waals surface area contributed by atoms with Gasteiger partial charge in [-0.3, -0.25) is 4.79 Å². The van der Waals surface area contributed by atoms with Gasteiger partial charge in [0.25, 0.3) is 5.91 Å². The van der Waals surface area contributed by atoms with Gasteiger partial charge in [0.15, 0.2) is 5.54 Å². The number of rotatable bonds is 4. The quantitative estimate of drug-likeness (QED) is 0.680. The summed E-state index contributed by atoms with van der Waals surface area (Å²) in [5.74, 6) is -1.01. The molecule has 8 heteroatoms. The first-order chi connectivity index (χ1) is 9.85. The predicted molar refractivity (Wildman–Crippen MR) is 76.4 cm³/mol. The molecule has 1 fully saturated rings. The van der Waals surface area contributed by atoms with E-state index in [1.807, 2.05) is 0 Å². The molecule has 1 aromatic heterocycles. The third-order valence-corrected chi connectivity index (χ3v) is 3.53. The molecule has 0 saturated carbocycles. The molecule has 1 aromatic rings. The lowest BCUT2D eigenvalue weighted by atomic mass is 9.98. The van der Waals surface area contributed by atoms with Crippen molar-refractivity contribution in [3.05, 3.63) is 17.5 Å². The number of hydrogen-bond donors (Lipinski definition) is 3. The summed E-state index contributed by atoms with van der Waals surface area (Å²) in [6, 6.07) is 0. The SMILES string of the molecule is Cc1nc(N(C)C)ncc1C(=O)N[C@]1(C(=O)O)CCNC1. The zero-order valence-corrected chi connectivity index (χ0v) is 12.3. The van der Waals surface area contributed by atoms with E-state index in [0.717, 1.165) is 0 Å². The van der Waals surface area contributed by atoms with Gasteiger partial charge >= 0.3 is 5.97 Å². The Morgan fingerprint density at radius 3 is 2.67 bits per heavy atom. The first-order valence-electron chi connectivity index (χ1n) is 6.63. The first kappa shape index (κ1) is 15.2. The van der Waals surface area contributed by atoms with Crippen molar-refractivity contribution >= 4 is 17.8 Å². The number of nitrogens with one attached hydrogen (secondary N) is 2. The molecule has 1 aliphatic heterocycles. The van der Waals surface area contributed by atoms with Crippen LogP contribution in [0.5, 0.6) is 0 Å². The van der Waals surface area contributed by atoms with Gasteiger partial charge in [-0.15, -0.1) is 0 Å². The largest absolute Gasteiger partial charge is 0.479 e. The zero-order valence-electron chi connectivity index (χ0n) is 12.3. The molecule has 1 saturated heterocycles. The Balaban J connectivity index is 2.22. The fourth-order valence-electron chi connectivity index (χ4n) is 2.21. The minimum absolute atomic E-state index is 0.212. The van der Waals surface area contributed by atoms with E-state index < -0.39 is 17.4 Å². The molecule has 2 rings (SSSR count). The number of aryl methyl sites for hydroxylation is 1. The molecule has 1 amide bonds. The van der Waals surface area contributed by atoms with Gasteiger partial charge in [0.2, 0.25) is 5.95 Å². The van der Waals surface area contributed by atoms with Crippen LogP contribution < -0.4 is 15.5 Å². The molecule has 8 nitrogen and oxygen atoms in total. The van der Waals surface area contributed by atoms with Crippen molar-refractivity contribution in [3.8, 4) is 0 Å². The van der Waals surface area contributed by atoms with Crippen LogP contribution in [-0.2, 0) is 4.79 Å². The standard InChI is InChI=1S/C13H19N5O3/c1-8-9(6-15-12(16-8)18(2)3)10(19)17-13(11(20)21)4-5-14-7-13/h6,14H,4-5,7H2,1-3H3,(H,17,19)(H,20,21)/t13-/m1/s1. The van der Waals surface area contributed by atoms with E-state index in [1.54, 1.807) is 25.9 Å². The van der Waals surface area contributed by atoms with Crippen molar-refractivity contribution in [2.45, 2.75) is 18.9 Å². The second kappa shape index (κ2) is 5.65. The molecule has 0 unspecified atom stereocenters. The van der Waals surface area contributed by atoms with Crippen LogP contribution in [0, 0.1) is 6.92 Å². The number of carboxylic acids is 1. The van der Waals surface area contributed by atoms with Crippen LogP contribution in [0.25, 0.3) is 0 Å². The molecule has 0 spiro atoms. The number of carbonyl (C=O) groups excluding carboxylic acids is 1. The summed E-state index contributed by atoms with van der Waals surface area (Å²) in [5, 5.41) is 14.9. The summed E-state index contributed by atoms with van der Waals surface area (Å²) in [5.41, 5.74) is -0.463. The van der Waals surface area contributed by atoms with E-state index in [-0.39, 0.29) is 12.1 Å². The Kier molecular flexibility index (Phi) is 4.08. The molecule has 21 heavy (non-hydrogen) atoms. The molecule has 0 bridgehead atoms. The van der Waals surface area contributed by atoms with Crippen molar-refractivity contribution < 1.29 is 14.7 Å². The highest BCUT2D eigenvalue weighted by atomic mass is 16.4. The van der Waals surface area contributed by atoms with Crippen LogP contribution in [0.4, 0.5) is 5.95 Å². The number of amides is 1. The summed E-state index contributed by atoms with van der Waals surface area (Å²) < 4.78 is 0. The molecule has 1 atom stereocenters. The molecular weight excluding hydrogens is 274 g/mol. The normalized spacial score (nSPS) is 21.1. The first-order valence-corrected chi connectivity index (χ1v) is 6.63. The summed E-state index contributed by atoms with van der Waals surface area (Å²) in [6.07, 6.45) is 1.77. The van der Waals surface area contributed by atoms with E-state index >= 15 is 0 Å². The van der Waals surface area contributed by atoms with Crippen molar-refractivity contribution in [2.24, 2.45) is 0 Å². The lowest BCUT2D eigenvalue weighted by Crippen LogP contribution is -2.56. The van der Waals surface area contributed by atoms with Gasteiger partial charge in [-0.1, -0.05) is 0 Å². The van der Waals surface area contributed by atoms with Gasteiger partial charge in [-0.05, 0) is 19.9 Å². The number of carboxylic acid groups (broad SMARTS) is 1. The van der Waals surface area contributed by atoms with Crippen LogP contribution in [-0.4, -0.2) is 59.7 Å². The van der Waals surface area contributed by atoms with Gasteiger partial charge in [-0.2, -0.15) is 0 Å². The number of aliphatic carboxylic acids is 1. The molecule has 0 aromatic carbocycles. The Bertz CT molecular complexity index is 567. The molecule has 3 N–H and O–H groups in total. The maximum absolute atomic E-state index is 12.3. The number of nitrogens with zero attached hydrogens (tertiary/aromatic N) is 3. The average molecular weight is 293 g/mol. The highest BCUT2D eigenvalue weighted by Crippen LogP contribution is 2.17. The summed E-state index contributed by atoms with van der Waals surface area (Å²) in [4.78, 5) is 33.8. The number of aromatic nitrogens is 2. The van der Waals surface area contributed by atoms with Crippen LogP contribution >= 0.6 is 0 Å². The molecule has 2 heterocycles. The molecular formula is C13H19N5O3. The Morgan fingerprint density at radius 1 is 1.48 bits per heavy atom. The summed E-state index contributed by atoms with van der Waals surface area (Å²) in [6.45, 7) is 2.47. The molecule has 0 radical (unpaired) electrons. The third-order valence-electron chi connectivity index (χ3n) is 3.53. The van der Waals surface area contributed by atoms with Crippen LogP contribution in [0.2, 0.25) is 0 Å². The van der Waals surface area contributed by atoms with E-state index in [1.165, 1.54) is 6.20 Å². The van der Waals surface area contributed by atoms with Crippen LogP contribution in [0.3, 0.4) is 0 Å². The monoisotopic (exact) mass is 293 g/mol. The summed E-state index contributed by atoms with van der Waals surface area (Å²) in [7, 11) is 3.61. The fraction of sp³-hybridized carbons (Fsp3) is 0.538. The number of anilines is 1. The smallest absolute Gasteiger partial charge is 0.330 e. The predicted octanol–water partition coefficient (Wildman–Crippen LogP) is -0.602. The minimum Gasteiger partial charge on any atom is -0.479 e. The topological polar surface area (TPSA) is 107 Å². The van der Waals surface area contributed by atoms with E-state index in [4.69, 9.17) is 0 Å². The Labute approximate surface area is 122 Å². The summed E-state index contributed by atoms with van der Waals surface area (Å²) >= 11 is 0. The van der Waals surface area contributed by atoms with Crippen LogP contribution in [0.15, 0.2) is 6.20 Å². The van der Waals surface area contributed by atoms with E-state index in [2.05, 4.69) is 20.6 Å². The number of hydrogen-bond acceptors (Lipinski definition) is 6. The maximum Gasteiger partial charge on any atom is 0.330 e. The lowest BCUT2D eigenvalue weighted by molar-refractivity contribution is -0.143. The fourth-order valence-corrected chi connectivity index (χ4v) is 2.21. The zero-order chi connectivity index (χ0) is 15.6. The van der Waals surface area contributed by atoms with Crippen molar-refractivity contribution in [3.63, 3.8) is 0 Å². The second-order valence-corrected chi connectivity index (χ2v) is 5.33. The minimum atomic E-state index is -1.26. The third kappa shape index (κ3) is 2.94. The number of carbonyl (C=O) groups is 2. The average Bonchev–Trinajstić information content (AvgIpc) is 2.88. The van der Waals surface area contributed by atoms with Crippen molar-refractivity contribution in [2.75, 3.05) is 32.1 Å². The van der Waals surface area contributed by atoms with Gasteiger partial charge in [0.05, 0.1) is 11.3 Å². The highest BCUT2D eigenvalue weighted by molar-refractivity contribution is 5.98. The second-order valence-electron chi connectivity index (χ2n) is 5.33. The maximum atomic E-state index is 12.3. The lowest BCUT2D eigenvalue weighted by Gasteiger charge is -2.24. The van der Waals surface area contributed by atoms with Gasteiger partial charge in [0.1, 0.15) is 0 Å². The molecule has 1 aliphatic rings. The Hall–Kier alpha value is -2.22. The van der Waals surface area contributed by atoms with Crippen molar-refractivity contribution in [1.29, 1.82) is 0 Å². The van der Waals surface area contributed by atoms with Crippen molar-refractivity contribution in [1.82, 2.24) is 20.6 Å². The van der Waals surface area contributed by atoms with Gasteiger partial charge in [-0.25, -0.2) is 14.8 Å². The van der Waals surface area contributed by atoms with Gasteiger partial charge in [0, 0.05) is 26.8 Å². The highest BCUT2D eigenvalue weighted by Gasteiger charge is 2.43. The van der Waals surface area contributed by atoms with E-state index in [0.29, 0.717) is 24.6 Å². The van der Waals surface area contributed by atoms with Crippen LogP contribution in [0.1, 0.15) is 22.5 Å². The molecule has 0 aliphatic carbocycles. The van der Waals surface area contributed by atoms with E-state index in [9.17, 15) is 14.7 Å². The Morgan fingerprint density at radius 2 is 2.19 bits per heavy atom. The van der Waals surface area contributed by atoms with Gasteiger partial charge < -0.3 is 20.6 Å². The molecule has 114 valence electrons.